The van der Waals surface area contributed by atoms with Crippen LogP contribution in [0.2, 0.25) is 0 Å². The molecule has 0 heterocycles. The third kappa shape index (κ3) is 2.34. The van der Waals surface area contributed by atoms with Crippen molar-refractivity contribution in [3.63, 3.8) is 0 Å². The van der Waals surface area contributed by atoms with Crippen molar-refractivity contribution < 1.29 is 9.50 Å². The van der Waals surface area contributed by atoms with Crippen LogP contribution in [0.1, 0.15) is 31.9 Å². The first-order valence-corrected chi connectivity index (χ1v) is 5.36. The Bertz CT molecular complexity index is 342. The van der Waals surface area contributed by atoms with E-state index in [2.05, 4.69) is 15.9 Å². The molecule has 0 fully saturated rings. The molecule has 0 amide bonds. The molecule has 0 aliphatic heterocycles. The minimum Gasteiger partial charge on any atom is -0.386 e. The number of hydrogen-bond donors (Lipinski definition) is 1. The third-order valence-corrected chi connectivity index (χ3v) is 2.73. The molecule has 1 N–H and O–H groups in total. The van der Waals surface area contributed by atoms with Crippen LogP contribution >= 0.6 is 15.9 Å². The van der Waals surface area contributed by atoms with Gasteiger partial charge >= 0.3 is 0 Å². The van der Waals surface area contributed by atoms with Crippen molar-refractivity contribution in [1.29, 1.82) is 0 Å². The van der Waals surface area contributed by atoms with Gasteiger partial charge in [0.2, 0.25) is 0 Å². The first-order chi connectivity index (χ1) is 6.36. The Hall–Kier alpha value is -0.410. The van der Waals surface area contributed by atoms with Gasteiger partial charge in [0.15, 0.2) is 0 Å². The van der Waals surface area contributed by atoms with Crippen LogP contribution in [0.4, 0.5) is 4.39 Å². The van der Waals surface area contributed by atoms with Crippen molar-refractivity contribution in [2.24, 2.45) is 0 Å². The molecule has 0 radical (unpaired) electrons. The van der Waals surface area contributed by atoms with Crippen LogP contribution in [0.5, 0.6) is 0 Å². The van der Waals surface area contributed by atoms with Gasteiger partial charge in [-0.2, -0.15) is 0 Å². The van der Waals surface area contributed by atoms with Gasteiger partial charge in [-0.3, -0.25) is 0 Å². The lowest BCUT2D eigenvalue weighted by Crippen LogP contribution is -2.18. The predicted molar refractivity (Wildman–Crippen MR) is 58.7 cm³/mol. The van der Waals surface area contributed by atoms with E-state index in [0.29, 0.717) is 10.0 Å². The van der Waals surface area contributed by atoms with Gasteiger partial charge in [0.05, 0.1) is 10.1 Å². The van der Waals surface area contributed by atoms with Gasteiger partial charge in [0.25, 0.3) is 0 Å². The van der Waals surface area contributed by atoms with Crippen molar-refractivity contribution in [3.05, 3.63) is 33.5 Å². The van der Waals surface area contributed by atoms with Crippen molar-refractivity contribution in [2.75, 3.05) is 0 Å². The molecule has 1 aromatic carbocycles. The summed E-state index contributed by atoms with van der Waals surface area (Å²) in [5.74, 6) is -0.380. The second-order valence-corrected chi connectivity index (χ2v) is 4.71. The Labute approximate surface area is 92.1 Å². The summed E-state index contributed by atoms with van der Waals surface area (Å²) in [5.41, 5.74) is 0.205. The van der Waals surface area contributed by atoms with E-state index in [-0.39, 0.29) is 5.82 Å². The fraction of sp³-hybridized carbons (Fsp3) is 0.455. The Morgan fingerprint density at radius 3 is 2.43 bits per heavy atom. The smallest absolute Gasteiger partial charge is 0.143 e. The van der Waals surface area contributed by atoms with Crippen LogP contribution in [0.25, 0.3) is 0 Å². The van der Waals surface area contributed by atoms with Gasteiger partial charge in [-0.05, 0) is 53.9 Å². The van der Waals surface area contributed by atoms with Gasteiger partial charge in [0, 0.05) is 5.56 Å². The molecule has 0 spiro atoms. The SMILES string of the molecule is CCc1cc(Br)c(F)c(C(C)(C)O)c1. The van der Waals surface area contributed by atoms with E-state index in [1.54, 1.807) is 26.0 Å². The minimum atomic E-state index is -1.14. The molecule has 0 bridgehead atoms. The summed E-state index contributed by atoms with van der Waals surface area (Å²) in [6, 6.07) is 3.45. The molecule has 0 aliphatic rings. The lowest BCUT2D eigenvalue weighted by atomic mass is 9.95. The molecule has 3 heteroatoms. The van der Waals surface area contributed by atoms with Gasteiger partial charge in [-0.15, -0.1) is 0 Å². The summed E-state index contributed by atoms with van der Waals surface area (Å²) < 4.78 is 14.0. The van der Waals surface area contributed by atoms with E-state index in [1.165, 1.54) is 0 Å². The molecule has 14 heavy (non-hydrogen) atoms. The zero-order valence-corrected chi connectivity index (χ0v) is 10.2. The summed E-state index contributed by atoms with van der Waals surface area (Å²) >= 11 is 3.14. The number of aryl methyl sites for hydroxylation is 1. The number of rotatable bonds is 2. The lowest BCUT2D eigenvalue weighted by molar-refractivity contribution is 0.0743. The quantitative estimate of drug-likeness (QED) is 0.865. The zero-order chi connectivity index (χ0) is 10.9. The first kappa shape index (κ1) is 11.7. The molecule has 0 aromatic heterocycles. The second kappa shape index (κ2) is 3.99. The maximum atomic E-state index is 13.6. The molecule has 0 saturated carbocycles. The van der Waals surface area contributed by atoms with Gasteiger partial charge in [-0.25, -0.2) is 4.39 Å². The fourth-order valence-electron chi connectivity index (χ4n) is 1.29. The summed E-state index contributed by atoms with van der Waals surface area (Å²) in [4.78, 5) is 0. The maximum Gasteiger partial charge on any atom is 0.143 e. The Morgan fingerprint density at radius 2 is 2.00 bits per heavy atom. The van der Waals surface area contributed by atoms with Gasteiger partial charge in [-0.1, -0.05) is 6.92 Å². The standard InChI is InChI=1S/C11H14BrFO/c1-4-7-5-8(11(2,3)14)10(13)9(12)6-7/h5-6,14H,4H2,1-3H3. The van der Waals surface area contributed by atoms with Crippen molar-refractivity contribution in [3.8, 4) is 0 Å². The largest absolute Gasteiger partial charge is 0.386 e. The number of benzene rings is 1. The van der Waals surface area contributed by atoms with Crippen molar-refractivity contribution in [1.82, 2.24) is 0 Å². The summed E-state index contributed by atoms with van der Waals surface area (Å²) in [5, 5.41) is 9.75. The summed E-state index contributed by atoms with van der Waals surface area (Å²) in [7, 11) is 0. The molecule has 0 saturated heterocycles. The average Bonchev–Trinajstić information content (AvgIpc) is 2.07. The van der Waals surface area contributed by atoms with Crippen LogP contribution < -0.4 is 0 Å². The van der Waals surface area contributed by atoms with Crippen LogP contribution in [-0.4, -0.2) is 5.11 Å². The minimum absolute atomic E-state index is 0.337. The molecule has 1 aromatic rings. The summed E-state index contributed by atoms with van der Waals surface area (Å²) in [6.07, 6.45) is 0.821. The normalized spacial score (nSPS) is 11.9. The van der Waals surface area contributed by atoms with E-state index in [9.17, 15) is 9.50 Å². The third-order valence-electron chi connectivity index (χ3n) is 2.16. The first-order valence-electron chi connectivity index (χ1n) is 4.57. The van der Waals surface area contributed by atoms with Crippen molar-refractivity contribution in [2.45, 2.75) is 32.8 Å². The van der Waals surface area contributed by atoms with E-state index >= 15 is 0 Å². The number of hydrogen-bond acceptors (Lipinski definition) is 1. The highest BCUT2D eigenvalue weighted by Gasteiger charge is 2.22. The summed E-state index contributed by atoms with van der Waals surface area (Å²) in [6.45, 7) is 5.16. The molecule has 1 rings (SSSR count). The van der Waals surface area contributed by atoms with Crippen molar-refractivity contribution >= 4 is 15.9 Å². The van der Waals surface area contributed by atoms with E-state index < -0.39 is 5.60 Å². The second-order valence-electron chi connectivity index (χ2n) is 3.85. The van der Waals surface area contributed by atoms with Gasteiger partial charge < -0.3 is 5.11 Å². The monoisotopic (exact) mass is 260 g/mol. The molecular formula is C11H14BrFO. The topological polar surface area (TPSA) is 20.2 Å². The lowest BCUT2D eigenvalue weighted by Gasteiger charge is -2.20. The Kier molecular flexibility index (Phi) is 3.32. The van der Waals surface area contributed by atoms with E-state index in [1.807, 2.05) is 6.92 Å². The van der Waals surface area contributed by atoms with Crippen LogP contribution in [-0.2, 0) is 12.0 Å². The average molecular weight is 261 g/mol. The van der Waals surface area contributed by atoms with E-state index in [4.69, 9.17) is 0 Å². The number of aliphatic hydroxyl groups is 1. The molecule has 0 unspecified atom stereocenters. The van der Waals surface area contributed by atoms with Crippen LogP contribution in [0.15, 0.2) is 16.6 Å². The molecule has 0 atom stereocenters. The van der Waals surface area contributed by atoms with E-state index in [0.717, 1.165) is 12.0 Å². The predicted octanol–water partition coefficient (Wildman–Crippen LogP) is 3.38. The molecule has 0 aliphatic carbocycles. The molecular weight excluding hydrogens is 247 g/mol. The molecule has 78 valence electrons. The fourth-order valence-corrected chi connectivity index (χ4v) is 1.80. The molecule has 1 nitrogen and oxygen atoms in total. The maximum absolute atomic E-state index is 13.6. The zero-order valence-electron chi connectivity index (χ0n) is 8.56. The highest BCUT2D eigenvalue weighted by Crippen LogP contribution is 2.29. The Balaban J connectivity index is 3.35. The Morgan fingerprint density at radius 1 is 1.43 bits per heavy atom. The van der Waals surface area contributed by atoms with Crippen LogP contribution in [0, 0.1) is 5.82 Å². The highest BCUT2D eigenvalue weighted by molar-refractivity contribution is 9.10. The van der Waals surface area contributed by atoms with Crippen LogP contribution in [0.3, 0.4) is 0 Å². The van der Waals surface area contributed by atoms with Gasteiger partial charge in [0.1, 0.15) is 5.82 Å². The highest BCUT2D eigenvalue weighted by atomic mass is 79.9. The number of halogens is 2.